The minimum absolute atomic E-state index is 0.0177. The van der Waals surface area contributed by atoms with Crippen LogP contribution in [0.15, 0.2) is 42.5 Å². The fraction of sp³-hybridized carbons (Fsp3) is 0.375. The van der Waals surface area contributed by atoms with Crippen molar-refractivity contribution in [3.8, 4) is 11.5 Å². The maximum atomic E-state index is 12.1. The molecule has 0 aliphatic carbocycles. The number of carbonyl (C=O) groups is 1. The number of nitrogens with zero attached hydrogens (tertiary/aromatic N) is 2. The lowest BCUT2D eigenvalue weighted by Gasteiger charge is -2.32. The Hall–Kier alpha value is -3.95. The lowest BCUT2D eigenvalue weighted by Crippen LogP contribution is -2.44. The molecule has 1 fully saturated rings. The number of nitrogens with two attached hydrogens (primary N) is 2. The molecule has 0 bridgehead atoms. The SMILES string of the molecule is N=C(N)N1CCC(Oc2cccc(C(Oc3ccc4c(c3)CN(C(=N)N)CC4)C(=O)O)c2)CC1. The summed E-state index contributed by atoms with van der Waals surface area (Å²) in [5.74, 6) is 0.00730. The van der Waals surface area contributed by atoms with Crippen LogP contribution in [0.4, 0.5) is 0 Å². The predicted octanol–water partition coefficient (Wildman–Crippen LogP) is 1.88. The largest absolute Gasteiger partial charge is 0.490 e. The van der Waals surface area contributed by atoms with E-state index in [0.29, 0.717) is 43.2 Å². The fourth-order valence-corrected chi connectivity index (χ4v) is 4.37. The van der Waals surface area contributed by atoms with Gasteiger partial charge in [0.1, 0.15) is 17.6 Å². The Bertz CT molecular complexity index is 1080. The molecule has 2 aliphatic rings. The molecular formula is C24H30N6O4. The highest BCUT2D eigenvalue weighted by molar-refractivity contribution is 5.76. The van der Waals surface area contributed by atoms with Gasteiger partial charge < -0.3 is 35.8 Å². The summed E-state index contributed by atoms with van der Waals surface area (Å²) in [5, 5.41) is 25.1. The summed E-state index contributed by atoms with van der Waals surface area (Å²) < 4.78 is 12.0. The number of fused-ring (bicyclic) bond motifs is 1. The van der Waals surface area contributed by atoms with Crippen molar-refractivity contribution in [3.63, 3.8) is 0 Å². The number of hydrogen-bond acceptors (Lipinski definition) is 5. The van der Waals surface area contributed by atoms with Crippen molar-refractivity contribution in [2.75, 3.05) is 19.6 Å². The number of hydrogen-bond donors (Lipinski definition) is 5. The zero-order chi connectivity index (χ0) is 24.2. The Kier molecular flexibility index (Phi) is 6.76. The first-order valence-electron chi connectivity index (χ1n) is 11.3. The third-order valence-electron chi connectivity index (χ3n) is 6.26. The summed E-state index contributed by atoms with van der Waals surface area (Å²) in [6, 6.07) is 12.5. The summed E-state index contributed by atoms with van der Waals surface area (Å²) in [6.45, 7) is 2.48. The van der Waals surface area contributed by atoms with Gasteiger partial charge >= 0.3 is 5.97 Å². The number of carboxylic acid groups (broad SMARTS) is 1. The molecule has 4 rings (SSSR count). The normalized spacial score (nSPS) is 16.9. The van der Waals surface area contributed by atoms with Crippen LogP contribution in [-0.2, 0) is 17.8 Å². The second-order valence-electron chi connectivity index (χ2n) is 8.59. The highest BCUT2D eigenvalue weighted by atomic mass is 16.5. The van der Waals surface area contributed by atoms with E-state index < -0.39 is 12.1 Å². The second-order valence-corrected chi connectivity index (χ2v) is 8.59. The van der Waals surface area contributed by atoms with E-state index in [1.165, 1.54) is 0 Å². The third-order valence-corrected chi connectivity index (χ3v) is 6.26. The van der Waals surface area contributed by atoms with Crippen LogP contribution in [0.2, 0.25) is 0 Å². The van der Waals surface area contributed by atoms with E-state index >= 15 is 0 Å². The van der Waals surface area contributed by atoms with Crippen LogP contribution in [0.1, 0.15) is 35.6 Å². The molecule has 0 saturated carbocycles. The summed E-state index contributed by atoms with van der Waals surface area (Å²) >= 11 is 0. The average Bonchev–Trinajstić information content (AvgIpc) is 2.82. The van der Waals surface area contributed by atoms with Crippen LogP contribution in [0.3, 0.4) is 0 Å². The number of carboxylic acids is 1. The molecule has 180 valence electrons. The van der Waals surface area contributed by atoms with Crippen molar-refractivity contribution < 1.29 is 19.4 Å². The Morgan fingerprint density at radius 2 is 1.71 bits per heavy atom. The molecule has 2 heterocycles. The van der Waals surface area contributed by atoms with Gasteiger partial charge in [0.2, 0.25) is 6.10 Å². The van der Waals surface area contributed by atoms with Crippen LogP contribution < -0.4 is 20.9 Å². The summed E-state index contributed by atoms with van der Waals surface area (Å²) in [6.07, 6.45) is 1.00. The van der Waals surface area contributed by atoms with Gasteiger partial charge in [0, 0.05) is 44.6 Å². The molecule has 1 atom stereocenters. The van der Waals surface area contributed by atoms with Crippen LogP contribution in [0.5, 0.6) is 11.5 Å². The van der Waals surface area contributed by atoms with Crippen LogP contribution in [0.25, 0.3) is 0 Å². The molecule has 0 spiro atoms. The van der Waals surface area contributed by atoms with E-state index in [4.69, 9.17) is 31.8 Å². The molecule has 1 saturated heterocycles. The lowest BCUT2D eigenvalue weighted by atomic mass is 9.99. The minimum atomic E-state index is -1.20. The number of piperidine rings is 1. The van der Waals surface area contributed by atoms with E-state index in [2.05, 4.69) is 0 Å². The molecule has 1 unspecified atom stereocenters. The number of likely N-dealkylation sites (tertiary alicyclic amines) is 1. The number of ether oxygens (including phenoxy) is 2. The van der Waals surface area contributed by atoms with Crippen molar-refractivity contribution in [3.05, 3.63) is 59.2 Å². The predicted molar refractivity (Wildman–Crippen MR) is 127 cm³/mol. The Labute approximate surface area is 198 Å². The fourth-order valence-electron chi connectivity index (χ4n) is 4.37. The van der Waals surface area contributed by atoms with E-state index in [9.17, 15) is 9.90 Å². The van der Waals surface area contributed by atoms with Gasteiger partial charge in [-0.2, -0.15) is 0 Å². The highest BCUT2D eigenvalue weighted by Crippen LogP contribution is 2.29. The minimum Gasteiger partial charge on any atom is -0.490 e. The Balaban J connectivity index is 1.46. The molecule has 7 N–H and O–H groups in total. The van der Waals surface area contributed by atoms with E-state index in [1.54, 1.807) is 40.1 Å². The molecule has 2 aliphatic heterocycles. The molecule has 10 nitrogen and oxygen atoms in total. The van der Waals surface area contributed by atoms with Gasteiger partial charge in [-0.15, -0.1) is 0 Å². The molecule has 2 aromatic rings. The number of rotatable bonds is 6. The molecule has 0 aromatic heterocycles. The number of guanidine groups is 2. The smallest absolute Gasteiger partial charge is 0.349 e. The first kappa shape index (κ1) is 23.2. The zero-order valence-corrected chi connectivity index (χ0v) is 18.9. The first-order chi connectivity index (χ1) is 16.3. The molecule has 10 heteroatoms. The van der Waals surface area contributed by atoms with Crippen LogP contribution in [0, 0.1) is 10.8 Å². The topological polar surface area (TPSA) is 162 Å². The van der Waals surface area contributed by atoms with Crippen molar-refractivity contribution in [2.45, 2.75) is 38.0 Å². The maximum Gasteiger partial charge on any atom is 0.349 e. The molecule has 2 aromatic carbocycles. The second kappa shape index (κ2) is 9.90. The zero-order valence-electron chi connectivity index (χ0n) is 18.9. The number of benzene rings is 2. The summed E-state index contributed by atoms with van der Waals surface area (Å²) in [7, 11) is 0. The molecule has 34 heavy (non-hydrogen) atoms. The number of nitrogens with one attached hydrogen (secondary N) is 2. The number of aliphatic carboxylic acids is 1. The van der Waals surface area contributed by atoms with Gasteiger partial charge in [-0.25, -0.2) is 4.79 Å². The third kappa shape index (κ3) is 5.33. The Morgan fingerprint density at radius 1 is 0.971 bits per heavy atom. The van der Waals surface area contributed by atoms with E-state index in [0.717, 1.165) is 30.4 Å². The molecule has 0 radical (unpaired) electrons. The quantitative estimate of drug-likeness (QED) is 0.318. The lowest BCUT2D eigenvalue weighted by molar-refractivity contribution is -0.145. The summed E-state index contributed by atoms with van der Waals surface area (Å²) in [4.78, 5) is 15.7. The van der Waals surface area contributed by atoms with Crippen LogP contribution >= 0.6 is 0 Å². The van der Waals surface area contributed by atoms with Crippen molar-refractivity contribution in [1.82, 2.24) is 9.80 Å². The first-order valence-corrected chi connectivity index (χ1v) is 11.3. The maximum absolute atomic E-state index is 12.1. The monoisotopic (exact) mass is 466 g/mol. The van der Waals surface area contributed by atoms with Gasteiger partial charge in [0.05, 0.1) is 0 Å². The standard InChI is InChI=1S/C24H30N6O4/c25-23(26)29-10-7-18(8-11-29)33-19-3-1-2-16(12-19)21(22(31)32)34-20-5-4-15-6-9-30(24(27)28)14-17(15)13-20/h1-5,12-13,18,21H,6-11,14H2,(H3,25,26)(H3,27,28)(H,31,32). The van der Waals surface area contributed by atoms with Crippen molar-refractivity contribution in [2.24, 2.45) is 11.5 Å². The highest BCUT2D eigenvalue weighted by Gasteiger charge is 2.25. The van der Waals surface area contributed by atoms with Crippen LogP contribution in [-0.4, -0.2) is 58.5 Å². The van der Waals surface area contributed by atoms with E-state index in [-0.39, 0.29) is 18.0 Å². The van der Waals surface area contributed by atoms with Gasteiger partial charge in [0.15, 0.2) is 11.9 Å². The van der Waals surface area contributed by atoms with Crippen molar-refractivity contribution >= 4 is 17.9 Å². The van der Waals surface area contributed by atoms with Gasteiger partial charge in [-0.1, -0.05) is 18.2 Å². The van der Waals surface area contributed by atoms with Gasteiger partial charge in [-0.3, -0.25) is 10.8 Å². The van der Waals surface area contributed by atoms with E-state index in [1.807, 2.05) is 12.1 Å². The van der Waals surface area contributed by atoms with Gasteiger partial charge in [0.25, 0.3) is 0 Å². The van der Waals surface area contributed by atoms with Crippen molar-refractivity contribution in [1.29, 1.82) is 10.8 Å². The summed E-state index contributed by atoms with van der Waals surface area (Å²) in [5.41, 5.74) is 13.8. The van der Waals surface area contributed by atoms with Gasteiger partial charge in [-0.05, 0) is 41.8 Å². The Morgan fingerprint density at radius 3 is 2.38 bits per heavy atom. The molecular weight excluding hydrogens is 436 g/mol. The average molecular weight is 467 g/mol. The molecule has 0 amide bonds.